The van der Waals surface area contributed by atoms with Crippen LogP contribution in [-0.4, -0.2) is 27.0 Å². The van der Waals surface area contributed by atoms with Crippen molar-refractivity contribution in [2.75, 3.05) is 18.3 Å². The molecule has 0 amide bonds. The molecule has 6 N–H and O–H groups in total. The first-order chi connectivity index (χ1) is 10.2. The van der Waals surface area contributed by atoms with Gasteiger partial charge in [0.1, 0.15) is 16.6 Å². The first-order valence-corrected chi connectivity index (χ1v) is 6.82. The molecule has 3 rings (SSSR count). The molecule has 0 fully saturated rings. The molecule has 21 heavy (non-hydrogen) atoms. The first kappa shape index (κ1) is 13.5. The number of rotatable bonds is 4. The zero-order valence-corrected chi connectivity index (χ0v) is 11.9. The quantitative estimate of drug-likeness (QED) is 0.323. The maximum absolute atomic E-state index is 5.62. The summed E-state index contributed by atoms with van der Waals surface area (Å²) in [5, 5.41) is 1.33. The molecule has 0 radical (unpaired) electrons. The average Bonchev–Trinajstić information content (AvgIpc) is 2.87. The minimum absolute atomic E-state index is 0.144. The number of imidazole rings is 1. The van der Waals surface area contributed by atoms with Gasteiger partial charge in [0, 0.05) is 12.1 Å². The van der Waals surface area contributed by atoms with Crippen molar-refractivity contribution in [2.45, 2.75) is 10.2 Å². The number of anilines is 2. The van der Waals surface area contributed by atoms with Crippen LogP contribution in [0.5, 0.6) is 5.75 Å². The molecule has 8 nitrogen and oxygen atoms in total. The summed E-state index contributed by atoms with van der Waals surface area (Å²) in [5.41, 5.74) is 9.80. The Hall–Kier alpha value is -2.52. The third-order valence-corrected chi connectivity index (χ3v) is 3.54. The van der Waals surface area contributed by atoms with Crippen molar-refractivity contribution in [1.29, 1.82) is 0 Å². The van der Waals surface area contributed by atoms with Crippen molar-refractivity contribution >= 4 is 34.6 Å². The second kappa shape index (κ2) is 5.46. The predicted octanol–water partition coefficient (Wildman–Crippen LogP) is 1.38. The number of hydrazine groups is 1. The number of ether oxygens (including phenoxy) is 1. The maximum atomic E-state index is 5.62. The van der Waals surface area contributed by atoms with Gasteiger partial charge in [0.2, 0.25) is 5.95 Å². The molecule has 9 heteroatoms. The standard InChI is InChI=1S/C12H13N7OS/c1-20-6-2-3-7-8(4-6)16-12(15-7)21-10-5-9(19-14)17-11(13)18-10/h2-5H,14H2,1H3,(H,15,16)(H3,13,17,18,19). The summed E-state index contributed by atoms with van der Waals surface area (Å²) in [7, 11) is 1.62. The van der Waals surface area contributed by atoms with Crippen molar-refractivity contribution < 1.29 is 4.74 Å². The number of H-pyrrole nitrogens is 1. The van der Waals surface area contributed by atoms with E-state index >= 15 is 0 Å². The number of hydrogen-bond acceptors (Lipinski definition) is 8. The Morgan fingerprint density at radius 1 is 1.24 bits per heavy atom. The number of nitrogens with two attached hydrogens (primary N) is 2. The summed E-state index contributed by atoms with van der Waals surface area (Å²) in [6.45, 7) is 0. The van der Waals surface area contributed by atoms with Crippen molar-refractivity contribution in [3.05, 3.63) is 24.3 Å². The van der Waals surface area contributed by atoms with E-state index in [9.17, 15) is 0 Å². The van der Waals surface area contributed by atoms with Crippen molar-refractivity contribution in [1.82, 2.24) is 19.9 Å². The first-order valence-electron chi connectivity index (χ1n) is 6.00. The monoisotopic (exact) mass is 303 g/mol. The molecule has 0 spiro atoms. The number of fused-ring (bicyclic) bond motifs is 1. The molecule has 3 aromatic rings. The number of aromatic nitrogens is 4. The number of aromatic amines is 1. The Morgan fingerprint density at radius 3 is 2.86 bits per heavy atom. The van der Waals surface area contributed by atoms with Gasteiger partial charge in [-0.2, -0.15) is 4.98 Å². The van der Waals surface area contributed by atoms with Crippen LogP contribution in [0.2, 0.25) is 0 Å². The van der Waals surface area contributed by atoms with E-state index in [0.29, 0.717) is 16.0 Å². The molecule has 0 bridgehead atoms. The highest BCUT2D eigenvalue weighted by Gasteiger charge is 2.08. The van der Waals surface area contributed by atoms with Crippen LogP contribution < -0.4 is 21.7 Å². The van der Waals surface area contributed by atoms with Gasteiger partial charge in [-0.15, -0.1) is 0 Å². The molecule has 108 valence electrons. The number of benzene rings is 1. The molecule has 0 unspecified atom stereocenters. The highest BCUT2D eigenvalue weighted by molar-refractivity contribution is 7.99. The van der Waals surface area contributed by atoms with Gasteiger partial charge in [-0.25, -0.2) is 15.8 Å². The van der Waals surface area contributed by atoms with Crippen LogP contribution in [0.4, 0.5) is 11.8 Å². The number of nitrogens with one attached hydrogen (secondary N) is 2. The van der Waals surface area contributed by atoms with Gasteiger partial charge >= 0.3 is 0 Å². The zero-order valence-electron chi connectivity index (χ0n) is 11.1. The largest absolute Gasteiger partial charge is 0.497 e. The van der Waals surface area contributed by atoms with E-state index < -0.39 is 0 Å². The number of nitrogens with zero attached hydrogens (tertiary/aromatic N) is 3. The lowest BCUT2D eigenvalue weighted by atomic mass is 10.3. The van der Waals surface area contributed by atoms with E-state index in [1.807, 2.05) is 18.2 Å². The lowest BCUT2D eigenvalue weighted by Gasteiger charge is -2.02. The van der Waals surface area contributed by atoms with Crippen molar-refractivity contribution in [3.8, 4) is 5.75 Å². The summed E-state index contributed by atoms with van der Waals surface area (Å²) in [5.74, 6) is 6.69. The van der Waals surface area contributed by atoms with Crippen LogP contribution in [0.25, 0.3) is 11.0 Å². The Bertz CT molecular complexity index is 788. The van der Waals surface area contributed by atoms with Crippen LogP contribution in [0.1, 0.15) is 0 Å². The smallest absolute Gasteiger partial charge is 0.223 e. The van der Waals surface area contributed by atoms with Gasteiger partial charge in [0.15, 0.2) is 5.16 Å². The molecule has 2 aromatic heterocycles. The molecule has 0 aliphatic rings. The van der Waals surface area contributed by atoms with E-state index in [1.54, 1.807) is 13.2 Å². The Morgan fingerprint density at radius 2 is 2.10 bits per heavy atom. The minimum Gasteiger partial charge on any atom is -0.497 e. The highest BCUT2D eigenvalue weighted by atomic mass is 32.2. The van der Waals surface area contributed by atoms with Crippen LogP contribution in [-0.2, 0) is 0 Å². The molecule has 2 heterocycles. The van der Waals surface area contributed by atoms with Gasteiger partial charge in [0.25, 0.3) is 0 Å². The van der Waals surface area contributed by atoms with Gasteiger partial charge in [0.05, 0.1) is 18.1 Å². The molecular formula is C12H13N7OS. The lowest BCUT2D eigenvalue weighted by molar-refractivity contribution is 0.415. The Balaban J connectivity index is 1.92. The number of methoxy groups -OCH3 is 1. The van der Waals surface area contributed by atoms with Crippen LogP contribution in [0.15, 0.2) is 34.4 Å². The normalized spacial score (nSPS) is 10.8. The van der Waals surface area contributed by atoms with Crippen LogP contribution >= 0.6 is 11.8 Å². The fraction of sp³-hybridized carbons (Fsp3) is 0.0833. The van der Waals surface area contributed by atoms with Crippen molar-refractivity contribution in [2.24, 2.45) is 5.84 Å². The SMILES string of the molecule is COc1ccc2nc(Sc3cc(NN)nc(N)n3)[nH]c2c1. The second-order valence-corrected chi connectivity index (χ2v) is 5.13. The molecule has 1 aromatic carbocycles. The highest BCUT2D eigenvalue weighted by Crippen LogP contribution is 2.28. The third-order valence-electron chi connectivity index (χ3n) is 2.74. The average molecular weight is 303 g/mol. The van der Waals surface area contributed by atoms with Gasteiger partial charge in [-0.05, 0) is 23.9 Å². The topological polar surface area (TPSA) is 128 Å². The van der Waals surface area contributed by atoms with E-state index in [1.165, 1.54) is 11.8 Å². The van der Waals surface area contributed by atoms with Gasteiger partial charge in [-0.3, -0.25) is 0 Å². The summed E-state index contributed by atoms with van der Waals surface area (Å²) < 4.78 is 5.18. The number of hydrogen-bond donors (Lipinski definition) is 4. The van der Waals surface area contributed by atoms with Gasteiger partial charge in [-0.1, -0.05) is 0 Å². The summed E-state index contributed by atoms with van der Waals surface area (Å²) >= 11 is 1.34. The van der Waals surface area contributed by atoms with Crippen LogP contribution in [0, 0.1) is 0 Å². The summed E-state index contributed by atoms with van der Waals surface area (Å²) in [6, 6.07) is 7.31. The molecule has 0 atom stereocenters. The third kappa shape index (κ3) is 2.83. The van der Waals surface area contributed by atoms with Gasteiger partial charge < -0.3 is 20.9 Å². The number of nitrogen functional groups attached to an aromatic ring is 2. The van der Waals surface area contributed by atoms with Crippen LogP contribution in [0.3, 0.4) is 0 Å². The molecule has 0 saturated heterocycles. The van der Waals surface area contributed by atoms with E-state index in [2.05, 4.69) is 25.4 Å². The fourth-order valence-electron chi connectivity index (χ4n) is 1.81. The lowest BCUT2D eigenvalue weighted by Crippen LogP contribution is -2.10. The Kier molecular flexibility index (Phi) is 3.50. The summed E-state index contributed by atoms with van der Waals surface area (Å²) in [4.78, 5) is 15.7. The molecule has 0 saturated carbocycles. The molecule has 0 aliphatic carbocycles. The molecular weight excluding hydrogens is 290 g/mol. The van der Waals surface area contributed by atoms with E-state index in [0.717, 1.165) is 16.8 Å². The fourth-order valence-corrected chi connectivity index (χ4v) is 2.62. The Labute approximate surface area is 124 Å². The zero-order chi connectivity index (χ0) is 14.8. The van der Waals surface area contributed by atoms with Crippen molar-refractivity contribution in [3.63, 3.8) is 0 Å². The maximum Gasteiger partial charge on any atom is 0.223 e. The van der Waals surface area contributed by atoms with E-state index in [-0.39, 0.29) is 5.95 Å². The molecule has 0 aliphatic heterocycles. The predicted molar refractivity (Wildman–Crippen MR) is 81.0 cm³/mol. The minimum atomic E-state index is 0.144. The second-order valence-electron chi connectivity index (χ2n) is 4.12. The van der Waals surface area contributed by atoms with E-state index in [4.69, 9.17) is 16.3 Å². The summed E-state index contributed by atoms with van der Waals surface area (Å²) in [6.07, 6.45) is 0.